The van der Waals surface area contributed by atoms with E-state index in [1.807, 2.05) is 30.6 Å². The van der Waals surface area contributed by atoms with Crippen molar-refractivity contribution in [2.45, 2.75) is 6.42 Å². The molecule has 4 rings (SSSR count). The number of ether oxygens (including phenoxy) is 1. The molecule has 92 valence electrons. The Bertz CT molecular complexity index is 793. The van der Waals surface area contributed by atoms with Crippen LogP contribution < -0.4 is 4.74 Å². The Kier molecular flexibility index (Phi) is 2.06. The number of hydrogen-bond donors (Lipinski definition) is 0. The summed E-state index contributed by atoms with van der Waals surface area (Å²) in [7, 11) is 1.68. The lowest BCUT2D eigenvalue weighted by molar-refractivity contribution is 0.410. The molecule has 19 heavy (non-hydrogen) atoms. The van der Waals surface area contributed by atoms with Crippen LogP contribution >= 0.6 is 0 Å². The molecule has 1 aliphatic rings. The van der Waals surface area contributed by atoms with Crippen LogP contribution in [-0.2, 0) is 6.42 Å². The van der Waals surface area contributed by atoms with Gasteiger partial charge in [0.2, 0.25) is 0 Å². The van der Waals surface area contributed by atoms with Crippen LogP contribution in [0.2, 0.25) is 0 Å². The van der Waals surface area contributed by atoms with Crippen molar-refractivity contribution < 1.29 is 4.74 Å². The Hall–Kier alpha value is -2.49. The van der Waals surface area contributed by atoms with Crippen LogP contribution in [0.1, 0.15) is 11.3 Å². The molecule has 1 aliphatic carbocycles. The minimum absolute atomic E-state index is 0.738. The highest BCUT2D eigenvalue weighted by Crippen LogP contribution is 2.38. The zero-order valence-electron chi connectivity index (χ0n) is 10.4. The predicted octanol–water partition coefficient (Wildman–Crippen LogP) is 2.60. The molecule has 3 heterocycles. The lowest BCUT2D eigenvalue weighted by atomic mass is 9.92. The van der Waals surface area contributed by atoms with E-state index in [1.165, 1.54) is 0 Å². The van der Waals surface area contributed by atoms with Gasteiger partial charge in [0.1, 0.15) is 5.75 Å². The minimum atomic E-state index is 0.738. The maximum absolute atomic E-state index is 5.43. The fourth-order valence-corrected chi connectivity index (χ4v) is 2.71. The standard InChI is InChI=1S/C15H11N3O/c1-19-12-4-7-17-14-10(12)8-11-13-9(2-5-16-11)3-6-18-15(13)14/h2-7H,8H2,1H3. The van der Waals surface area contributed by atoms with Crippen LogP contribution in [0.5, 0.6) is 5.75 Å². The van der Waals surface area contributed by atoms with E-state index in [9.17, 15) is 0 Å². The van der Waals surface area contributed by atoms with Crippen molar-refractivity contribution in [3.63, 3.8) is 0 Å². The number of aromatic nitrogens is 3. The SMILES string of the molecule is COc1ccnc2c1Cc1nccc3ccnc-2c13. The molecule has 3 aromatic heterocycles. The second kappa shape index (κ2) is 3.75. The van der Waals surface area contributed by atoms with Gasteiger partial charge in [0.25, 0.3) is 0 Å². The van der Waals surface area contributed by atoms with Crippen LogP contribution in [0.25, 0.3) is 22.2 Å². The van der Waals surface area contributed by atoms with Gasteiger partial charge >= 0.3 is 0 Å². The van der Waals surface area contributed by atoms with Crippen molar-refractivity contribution in [1.82, 2.24) is 15.0 Å². The summed E-state index contributed by atoms with van der Waals surface area (Å²) < 4.78 is 5.43. The number of hydrogen-bond acceptors (Lipinski definition) is 4. The first-order valence-corrected chi connectivity index (χ1v) is 6.13. The number of fused-ring (bicyclic) bond motifs is 2. The third kappa shape index (κ3) is 1.37. The third-order valence-electron chi connectivity index (χ3n) is 3.56. The quantitative estimate of drug-likeness (QED) is 0.520. The van der Waals surface area contributed by atoms with E-state index >= 15 is 0 Å². The molecule has 4 nitrogen and oxygen atoms in total. The molecule has 0 fully saturated rings. The lowest BCUT2D eigenvalue weighted by Crippen LogP contribution is -2.07. The summed E-state index contributed by atoms with van der Waals surface area (Å²) >= 11 is 0. The average molecular weight is 249 g/mol. The van der Waals surface area contributed by atoms with E-state index in [4.69, 9.17) is 4.74 Å². The maximum atomic E-state index is 5.43. The molecule has 0 N–H and O–H groups in total. The van der Waals surface area contributed by atoms with Gasteiger partial charge in [-0.25, -0.2) is 0 Å². The van der Waals surface area contributed by atoms with Crippen molar-refractivity contribution in [3.05, 3.63) is 48.0 Å². The van der Waals surface area contributed by atoms with Gasteiger partial charge in [0, 0.05) is 36.0 Å². The zero-order chi connectivity index (χ0) is 12.8. The summed E-state index contributed by atoms with van der Waals surface area (Å²) in [6, 6.07) is 5.90. The van der Waals surface area contributed by atoms with Gasteiger partial charge in [-0.1, -0.05) is 0 Å². The Morgan fingerprint density at radius 1 is 0.947 bits per heavy atom. The first kappa shape index (κ1) is 10.4. The molecular weight excluding hydrogens is 238 g/mol. The van der Waals surface area contributed by atoms with Gasteiger partial charge in [-0.15, -0.1) is 0 Å². The Balaban J connectivity index is 2.15. The molecule has 0 aromatic carbocycles. The third-order valence-corrected chi connectivity index (χ3v) is 3.56. The molecule has 0 saturated heterocycles. The van der Waals surface area contributed by atoms with E-state index < -0.39 is 0 Å². The van der Waals surface area contributed by atoms with Crippen molar-refractivity contribution in [2.75, 3.05) is 7.11 Å². The molecule has 0 radical (unpaired) electrons. The Morgan fingerprint density at radius 3 is 2.53 bits per heavy atom. The molecule has 0 saturated carbocycles. The van der Waals surface area contributed by atoms with Gasteiger partial charge in [0.05, 0.1) is 24.2 Å². The van der Waals surface area contributed by atoms with Crippen molar-refractivity contribution in [3.8, 4) is 17.1 Å². The van der Waals surface area contributed by atoms with Gasteiger partial charge in [-0.2, -0.15) is 0 Å². The van der Waals surface area contributed by atoms with E-state index in [2.05, 4.69) is 15.0 Å². The highest BCUT2D eigenvalue weighted by molar-refractivity contribution is 5.98. The summed E-state index contributed by atoms with van der Waals surface area (Å²) in [5.74, 6) is 0.847. The predicted molar refractivity (Wildman–Crippen MR) is 72.1 cm³/mol. The molecule has 0 atom stereocenters. The van der Waals surface area contributed by atoms with Crippen LogP contribution in [0.15, 0.2) is 36.8 Å². The molecule has 0 unspecified atom stereocenters. The highest BCUT2D eigenvalue weighted by atomic mass is 16.5. The van der Waals surface area contributed by atoms with Crippen molar-refractivity contribution in [1.29, 1.82) is 0 Å². The summed E-state index contributed by atoms with van der Waals surface area (Å²) in [6.45, 7) is 0. The molecule has 0 spiro atoms. The van der Waals surface area contributed by atoms with Crippen LogP contribution in [-0.4, -0.2) is 22.1 Å². The highest BCUT2D eigenvalue weighted by Gasteiger charge is 2.23. The number of pyridine rings is 3. The monoisotopic (exact) mass is 249 g/mol. The first-order chi connectivity index (χ1) is 9.38. The smallest absolute Gasteiger partial charge is 0.126 e. The van der Waals surface area contributed by atoms with E-state index in [0.29, 0.717) is 0 Å². The second-order valence-electron chi connectivity index (χ2n) is 4.53. The zero-order valence-corrected chi connectivity index (χ0v) is 10.4. The fourth-order valence-electron chi connectivity index (χ4n) is 2.71. The van der Waals surface area contributed by atoms with Crippen LogP contribution in [0.3, 0.4) is 0 Å². The van der Waals surface area contributed by atoms with Crippen molar-refractivity contribution >= 4 is 10.8 Å². The summed E-state index contributed by atoms with van der Waals surface area (Å²) in [5.41, 5.74) is 3.92. The topological polar surface area (TPSA) is 47.9 Å². The average Bonchev–Trinajstić information content (AvgIpc) is 2.47. The summed E-state index contributed by atoms with van der Waals surface area (Å²) in [4.78, 5) is 13.5. The first-order valence-electron chi connectivity index (χ1n) is 6.13. The van der Waals surface area contributed by atoms with Gasteiger partial charge in [-0.05, 0) is 23.6 Å². The van der Waals surface area contributed by atoms with Crippen LogP contribution in [0, 0.1) is 0 Å². The number of rotatable bonds is 1. The van der Waals surface area contributed by atoms with Gasteiger partial charge < -0.3 is 4.74 Å². The normalized spacial score (nSPS) is 12.3. The molecule has 0 bridgehead atoms. The molecule has 0 amide bonds. The number of nitrogens with zero attached hydrogens (tertiary/aromatic N) is 3. The lowest BCUT2D eigenvalue weighted by Gasteiger charge is -2.19. The minimum Gasteiger partial charge on any atom is -0.496 e. The van der Waals surface area contributed by atoms with Gasteiger partial charge in [0.15, 0.2) is 0 Å². The molecular formula is C15H11N3O. The maximum Gasteiger partial charge on any atom is 0.126 e. The molecule has 3 aromatic rings. The Labute approximate surface area is 110 Å². The Morgan fingerprint density at radius 2 is 1.68 bits per heavy atom. The molecule has 4 heteroatoms. The van der Waals surface area contributed by atoms with Crippen LogP contribution in [0.4, 0.5) is 0 Å². The number of methoxy groups -OCH3 is 1. The summed E-state index contributed by atoms with van der Waals surface area (Å²) in [5, 5.41) is 2.27. The largest absolute Gasteiger partial charge is 0.496 e. The van der Waals surface area contributed by atoms with Crippen molar-refractivity contribution in [2.24, 2.45) is 0 Å². The molecule has 0 aliphatic heterocycles. The van der Waals surface area contributed by atoms with E-state index in [0.717, 1.165) is 45.6 Å². The summed E-state index contributed by atoms with van der Waals surface area (Å²) in [6.07, 6.45) is 6.16. The van der Waals surface area contributed by atoms with E-state index in [1.54, 1.807) is 13.3 Å². The van der Waals surface area contributed by atoms with Gasteiger partial charge in [-0.3, -0.25) is 15.0 Å². The fraction of sp³-hybridized carbons (Fsp3) is 0.133. The van der Waals surface area contributed by atoms with E-state index in [-0.39, 0.29) is 0 Å². The second-order valence-corrected chi connectivity index (χ2v) is 4.53.